The fraction of sp³-hybridized carbons (Fsp3) is 0.889. The van der Waals surface area contributed by atoms with Crippen molar-refractivity contribution in [2.24, 2.45) is 0 Å². The van der Waals surface area contributed by atoms with Gasteiger partial charge in [-0.1, -0.05) is 0 Å². The van der Waals surface area contributed by atoms with Gasteiger partial charge in [-0.2, -0.15) is 4.31 Å². The Kier molecular flexibility index (Phi) is 4.28. The van der Waals surface area contributed by atoms with Crippen molar-refractivity contribution in [1.29, 1.82) is 0 Å². The molecule has 1 heterocycles. The van der Waals surface area contributed by atoms with Crippen LogP contribution in [0.5, 0.6) is 0 Å². The van der Waals surface area contributed by atoms with Gasteiger partial charge in [0.05, 0.1) is 25.5 Å². The molecule has 0 spiro atoms. The molecule has 0 unspecified atom stereocenters. The molecule has 1 amide bonds. The standard InChI is InChI=1S/C9H18N2O4S/c1-8-6-11(4-5-15-8)9(12)7-10(2)16(3,13)14/h8H,4-7H2,1-3H3/t8-/m0/s1. The van der Waals surface area contributed by atoms with Gasteiger partial charge < -0.3 is 9.64 Å². The fourth-order valence-corrected chi connectivity index (χ4v) is 1.80. The van der Waals surface area contributed by atoms with E-state index in [0.717, 1.165) is 10.6 Å². The van der Waals surface area contributed by atoms with E-state index in [-0.39, 0.29) is 18.6 Å². The van der Waals surface area contributed by atoms with Crippen LogP contribution in [0.1, 0.15) is 6.92 Å². The van der Waals surface area contributed by atoms with Gasteiger partial charge >= 0.3 is 0 Å². The van der Waals surface area contributed by atoms with Gasteiger partial charge in [-0.25, -0.2) is 8.42 Å². The minimum Gasteiger partial charge on any atom is -0.375 e. The highest BCUT2D eigenvalue weighted by atomic mass is 32.2. The van der Waals surface area contributed by atoms with Gasteiger partial charge in [0.15, 0.2) is 0 Å². The Balaban J connectivity index is 2.52. The van der Waals surface area contributed by atoms with Gasteiger partial charge in [-0.05, 0) is 6.92 Å². The third kappa shape index (κ3) is 3.73. The smallest absolute Gasteiger partial charge is 0.238 e. The number of amides is 1. The van der Waals surface area contributed by atoms with Crippen LogP contribution in [0.15, 0.2) is 0 Å². The van der Waals surface area contributed by atoms with E-state index in [1.54, 1.807) is 4.90 Å². The number of ether oxygens (including phenoxy) is 1. The number of nitrogens with zero attached hydrogens (tertiary/aromatic N) is 2. The zero-order valence-electron chi connectivity index (χ0n) is 9.84. The Morgan fingerprint density at radius 2 is 2.19 bits per heavy atom. The van der Waals surface area contributed by atoms with Crippen LogP contribution in [-0.4, -0.2) is 69.2 Å². The van der Waals surface area contributed by atoms with Gasteiger partial charge in [0.25, 0.3) is 0 Å². The average Bonchev–Trinajstić information content (AvgIpc) is 2.16. The van der Waals surface area contributed by atoms with Crippen molar-refractivity contribution in [1.82, 2.24) is 9.21 Å². The Bertz CT molecular complexity index is 355. The molecule has 0 bridgehead atoms. The van der Waals surface area contributed by atoms with Crippen LogP contribution in [0.4, 0.5) is 0 Å². The summed E-state index contributed by atoms with van der Waals surface area (Å²) in [5.74, 6) is -0.178. The number of rotatable bonds is 3. The summed E-state index contributed by atoms with van der Waals surface area (Å²) < 4.78 is 28.6. The van der Waals surface area contributed by atoms with Crippen LogP contribution in [0.2, 0.25) is 0 Å². The van der Waals surface area contributed by atoms with Crippen LogP contribution >= 0.6 is 0 Å². The number of carbonyl (C=O) groups is 1. The largest absolute Gasteiger partial charge is 0.375 e. The topological polar surface area (TPSA) is 66.9 Å². The highest BCUT2D eigenvalue weighted by molar-refractivity contribution is 7.88. The van der Waals surface area contributed by atoms with Crippen molar-refractivity contribution in [2.45, 2.75) is 13.0 Å². The summed E-state index contributed by atoms with van der Waals surface area (Å²) in [7, 11) is -1.90. The summed E-state index contributed by atoms with van der Waals surface area (Å²) >= 11 is 0. The molecule has 0 N–H and O–H groups in total. The molecule has 0 aromatic heterocycles. The molecule has 94 valence electrons. The van der Waals surface area contributed by atoms with Crippen molar-refractivity contribution < 1.29 is 17.9 Å². The fourth-order valence-electron chi connectivity index (χ4n) is 1.45. The predicted molar refractivity (Wildman–Crippen MR) is 59.5 cm³/mol. The first-order valence-corrected chi connectivity index (χ1v) is 6.96. The molecular formula is C9H18N2O4S. The maximum atomic E-state index is 11.8. The van der Waals surface area contributed by atoms with E-state index in [1.807, 2.05) is 6.92 Å². The van der Waals surface area contributed by atoms with Gasteiger partial charge in [-0.3, -0.25) is 4.79 Å². The van der Waals surface area contributed by atoms with Crippen LogP contribution in [0.3, 0.4) is 0 Å². The lowest BCUT2D eigenvalue weighted by Gasteiger charge is -2.32. The summed E-state index contributed by atoms with van der Waals surface area (Å²) in [6.07, 6.45) is 1.10. The molecule has 0 radical (unpaired) electrons. The Labute approximate surface area is 96.2 Å². The summed E-state index contributed by atoms with van der Waals surface area (Å²) in [6.45, 7) is 3.35. The number of morpholine rings is 1. The highest BCUT2D eigenvalue weighted by Crippen LogP contribution is 2.05. The van der Waals surface area contributed by atoms with Crippen LogP contribution < -0.4 is 0 Å². The van der Waals surface area contributed by atoms with E-state index in [0.29, 0.717) is 19.7 Å². The molecule has 7 heteroatoms. The van der Waals surface area contributed by atoms with Crippen LogP contribution in [0.25, 0.3) is 0 Å². The van der Waals surface area contributed by atoms with Crippen LogP contribution in [-0.2, 0) is 19.6 Å². The minimum atomic E-state index is -3.30. The number of hydrogen-bond donors (Lipinski definition) is 0. The van der Waals surface area contributed by atoms with Crippen molar-refractivity contribution in [3.8, 4) is 0 Å². The molecule has 1 rings (SSSR count). The van der Waals surface area contributed by atoms with E-state index < -0.39 is 10.0 Å². The number of hydrogen-bond acceptors (Lipinski definition) is 4. The lowest BCUT2D eigenvalue weighted by Crippen LogP contribution is -2.48. The Hall–Kier alpha value is -0.660. The Morgan fingerprint density at radius 3 is 2.69 bits per heavy atom. The monoisotopic (exact) mass is 250 g/mol. The molecule has 6 nitrogen and oxygen atoms in total. The first-order valence-electron chi connectivity index (χ1n) is 5.11. The number of likely N-dealkylation sites (N-methyl/N-ethyl adjacent to an activating group) is 1. The van der Waals surface area contributed by atoms with Crippen molar-refractivity contribution in [3.05, 3.63) is 0 Å². The summed E-state index contributed by atoms with van der Waals surface area (Å²) in [5.41, 5.74) is 0. The molecule has 1 atom stereocenters. The third-order valence-electron chi connectivity index (χ3n) is 2.52. The zero-order chi connectivity index (χ0) is 12.3. The van der Waals surface area contributed by atoms with Gasteiger partial charge in [0, 0.05) is 20.1 Å². The minimum absolute atomic E-state index is 0.0150. The van der Waals surface area contributed by atoms with Gasteiger partial charge in [0.2, 0.25) is 15.9 Å². The quantitative estimate of drug-likeness (QED) is 0.653. The molecule has 1 fully saturated rings. The average molecular weight is 250 g/mol. The molecular weight excluding hydrogens is 232 g/mol. The SMILES string of the molecule is C[C@H]1CN(C(=O)CN(C)S(C)(=O)=O)CCO1. The normalized spacial score (nSPS) is 22.5. The van der Waals surface area contributed by atoms with Crippen LogP contribution in [0, 0.1) is 0 Å². The van der Waals surface area contributed by atoms with Crippen molar-refractivity contribution >= 4 is 15.9 Å². The third-order valence-corrected chi connectivity index (χ3v) is 3.78. The molecule has 0 aromatic rings. The number of sulfonamides is 1. The molecule has 0 aliphatic carbocycles. The summed E-state index contributed by atoms with van der Waals surface area (Å²) in [4.78, 5) is 13.4. The van der Waals surface area contributed by atoms with Gasteiger partial charge in [0.1, 0.15) is 0 Å². The van der Waals surface area contributed by atoms with E-state index in [2.05, 4.69) is 0 Å². The summed E-state index contributed by atoms with van der Waals surface area (Å²) in [6, 6.07) is 0. The maximum absolute atomic E-state index is 11.8. The number of carbonyl (C=O) groups excluding carboxylic acids is 1. The van der Waals surface area contributed by atoms with Crippen molar-refractivity contribution in [2.75, 3.05) is 39.5 Å². The second-order valence-corrected chi connectivity index (χ2v) is 6.13. The predicted octanol–water partition coefficient (Wildman–Crippen LogP) is -0.875. The van der Waals surface area contributed by atoms with Gasteiger partial charge in [-0.15, -0.1) is 0 Å². The summed E-state index contributed by atoms with van der Waals surface area (Å²) in [5, 5.41) is 0. The van der Waals surface area contributed by atoms with E-state index >= 15 is 0 Å². The molecule has 0 aromatic carbocycles. The first kappa shape index (κ1) is 13.4. The highest BCUT2D eigenvalue weighted by Gasteiger charge is 2.24. The van der Waals surface area contributed by atoms with E-state index in [9.17, 15) is 13.2 Å². The zero-order valence-corrected chi connectivity index (χ0v) is 10.7. The molecule has 0 saturated carbocycles. The van der Waals surface area contributed by atoms with E-state index in [1.165, 1.54) is 7.05 Å². The molecule has 16 heavy (non-hydrogen) atoms. The van der Waals surface area contributed by atoms with Crippen molar-refractivity contribution in [3.63, 3.8) is 0 Å². The first-order chi connectivity index (χ1) is 7.30. The maximum Gasteiger partial charge on any atom is 0.238 e. The van der Waals surface area contributed by atoms with E-state index in [4.69, 9.17) is 4.74 Å². The molecule has 1 saturated heterocycles. The second-order valence-electron chi connectivity index (χ2n) is 4.04. The Morgan fingerprint density at radius 1 is 1.56 bits per heavy atom. The lowest BCUT2D eigenvalue weighted by molar-refractivity contribution is -0.138. The molecule has 1 aliphatic heterocycles. The lowest BCUT2D eigenvalue weighted by atomic mass is 10.3. The second kappa shape index (κ2) is 5.11. The molecule has 1 aliphatic rings.